The van der Waals surface area contributed by atoms with Crippen LogP contribution in [0.15, 0.2) is 0 Å². The Balaban J connectivity index is 2.45. The van der Waals surface area contributed by atoms with Crippen molar-refractivity contribution >= 4 is 5.91 Å². The van der Waals surface area contributed by atoms with E-state index in [0.29, 0.717) is 0 Å². The highest BCUT2D eigenvalue weighted by Gasteiger charge is 2.24. The molecule has 1 atom stereocenters. The van der Waals surface area contributed by atoms with Gasteiger partial charge in [0.15, 0.2) is 0 Å². The predicted octanol–water partition coefficient (Wildman–Crippen LogP) is 1.22. The molecule has 18 heavy (non-hydrogen) atoms. The standard InChI is InChI=1S/C14H29N3O/c1-5-17(10-13-6-8-15-9-7-13)12(4)14(18)16-11(2)3/h11-13,15H,5-10H2,1-4H3,(H,16,18). The lowest BCUT2D eigenvalue weighted by Crippen LogP contribution is -2.49. The topological polar surface area (TPSA) is 44.4 Å². The van der Waals surface area contributed by atoms with Gasteiger partial charge in [-0.3, -0.25) is 9.69 Å². The largest absolute Gasteiger partial charge is 0.353 e. The van der Waals surface area contributed by atoms with Crippen molar-refractivity contribution in [2.24, 2.45) is 5.92 Å². The summed E-state index contributed by atoms with van der Waals surface area (Å²) in [5.41, 5.74) is 0. The first-order valence-corrected chi connectivity index (χ1v) is 7.29. The molecule has 0 saturated carbocycles. The molecule has 1 saturated heterocycles. The second kappa shape index (κ2) is 7.74. The lowest BCUT2D eigenvalue weighted by molar-refractivity contribution is -0.126. The molecule has 4 heteroatoms. The average Bonchev–Trinajstić information content (AvgIpc) is 2.35. The summed E-state index contributed by atoms with van der Waals surface area (Å²) in [6, 6.07) is 0.199. The van der Waals surface area contributed by atoms with E-state index in [-0.39, 0.29) is 18.0 Å². The first kappa shape index (κ1) is 15.4. The van der Waals surface area contributed by atoms with Gasteiger partial charge in [0.2, 0.25) is 5.91 Å². The summed E-state index contributed by atoms with van der Waals surface area (Å²) in [6.45, 7) is 12.4. The molecule has 0 aliphatic carbocycles. The van der Waals surface area contributed by atoms with Crippen LogP contribution in [0.3, 0.4) is 0 Å². The summed E-state index contributed by atoms with van der Waals surface area (Å²) < 4.78 is 0. The predicted molar refractivity (Wildman–Crippen MR) is 75.6 cm³/mol. The molecule has 2 N–H and O–H groups in total. The fourth-order valence-electron chi connectivity index (χ4n) is 2.53. The van der Waals surface area contributed by atoms with Crippen LogP contribution in [-0.4, -0.2) is 49.1 Å². The van der Waals surface area contributed by atoms with Gasteiger partial charge in [-0.25, -0.2) is 0 Å². The van der Waals surface area contributed by atoms with Crippen LogP contribution in [-0.2, 0) is 4.79 Å². The molecule has 1 unspecified atom stereocenters. The fraction of sp³-hybridized carbons (Fsp3) is 0.929. The van der Waals surface area contributed by atoms with E-state index in [2.05, 4.69) is 22.5 Å². The molecule has 1 aliphatic heterocycles. The number of hydrogen-bond acceptors (Lipinski definition) is 3. The molecule has 1 fully saturated rings. The fourth-order valence-corrected chi connectivity index (χ4v) is 2.53. The first-order valence-electron chi connectivity index (χ1n) is 7.29. The first-order chi connectivity index (χ1) is 8.54. The SMILES string of the molecule is CCN(CC1CCNCC1)C(C)C(=O)NC(C)C. The Hall–Kier alpha value is -0.610. The highest BCUT2D eigenvalue weighted by Crippen LogP contribution is 2.15. The van der Waals surface area contributed by atoms with Crippen LogP contribution in [0.5, 0.6) is 0 Å². The second-order valence-corrected chi connectivity index (χ2v) is 5.62. The molecule has 0 spiro atoms. The normalized spacial score (nSPS) is 19.2. The molecule has 1 heterocycles. The average molecular weight is 255 g/mol. The number of rotatable bonds is 6. The van der Waals surface area contributed by atoms with Gasteiger partial charge in [0.05, 0.1) is 6.04 Å². The van der Waals surface area contributed by atoms with E-state index in [1.165, 1.54) is 12.8 Å². The van der Waals surface area contributed by atoms with Gasteiger partial charge in [-0.05, 0) is 59.2 Å². The maximum atomic E-state index is 12.0. The minimum Gasteiger partial charge on any atom is -0.353 e. The van der Waals surface area contributed by atoms with Crippen molar-refractivity contribution in [1.29, 1.82) is 0 Å². The second-order valence-electron chi connectivity index (χ2n) is 5.62. The molecule has 0 bridgehead atoms. The summed E-state index contributed by atoms with van der Waals surface area (Å²) in [5.74, 6) is 0.890. The maximum absolute atomic E-state index is 12.0. The minimum absolute atomic E-state index is 0.0210. The number of likely N-dealkylation sites (N-methyl/N-ethyl adjacent to an activating group) is 1. The van der Waals surface area contributed by atoms with Gasteiger partial charge >= 0.3 is 0 Å². The van der Waals surface area contributed by atoms with Crippen molar-refractivity contribution in [3.8, 4) is 0 Å². The Labute approximate surface area is 111 Å². The molecule has 4 nitrogen and oxygen atoms in total. The van der Waals surface area contributed by atoms with Crippen molar-refractivity contribution < 1.29 is 4.79 Å². The zero-order valence-electron chi connectivity index (χ0n) is 12.3. The van der Waals surface area contributed by atoms with Gasteiger partial charge in [-0.15, -0.1) is 0 Å². The summed E-state index contributed by atoms with van der Waals surface area (Å²) in [6.07, 6.45) is 2.46. The van der Waals surface area contributed by atoms with Crippen LogP contribution in [0.25, 0.3) is 0 Å². The molecule has 1 aliphatic rings. The Kier molecular flexibility index (Phi) is 6.65. The third-order valence-electron chi connectivity index (χ3n) is 3.72. The van der Waals surface area contributed by atoms with Crippen molar-refractivity contribution in [3.05, 3.63) is 0 Å². The summed E-state index contributed by atoms with van der Waals surface area (Å²) in [7, 11) is 0. The van der Waals surface area contributed by atoms with E-state index >= 15 is 0 Å². The van der Waals surface area contributed by atoms with Crippen LogP contribution in [0.2, 0.25) is 0 Å². The summed E-state index contributed by atoms with van der Waals surface area (Å²) in [5, 5.41) is 6.39. The Morgan fingerprint density at radius 2 is 1.94 bits per heavy atom. The quantitative estimate of drug-likeness (QED) is 0.750. The summed E-state index contributed by atoms with van der Waals surface area (Å²) in [4.78, 5) is 14.3. The van der Waals surface area contributed by atoms with E-state index in [9.17, 15) is 4.79 Å². The summed E-state index contributed by atoms with van der Waals surface area (Å²) >= 11 is 0. The highest BCUT2D eigenvalue weighted by atomic mass is 16.2. The molecular weight excluding hydrogens is 226 g/mol. The zero-order valence-corrected chi connectivity index (χ0v) is 12.3. The van der Waals surface area contributed by atoms with E-state index in [4.69, 9.17) is 0 Å². The van der Waals surface area contributed by atoms with Gasteiger partial charge in [0.1, 0.15) is 0 Å². The lowest BCUT2D eigenvalue weighted by atomic mass is 9.97. The smallest absolute Gasteiger partial charge is 0.237 e. The van der Waals surface area contributed by atoms with Crippen molar-refractivity contribution in [2.75, 3.05) is 26.2 Å². The van der Waals surface area contributed by atoms with Crippen LogP contribution in [0, 0.1) is 5.92 Å². The monoisotopic (exact) mass is 255 g/mol. The van der Waals surface area contributed by atoms with E-state index in [1.54, 1.807) is 0 Å². The number of hydrogen-bond donors (Lipinski definition) is 2. The molecule has 1 amide bonds. The number of piperidine rings is 1. The Morgan fingerprint density at radius 3 is 2.44 bits per heavy atom. The molecule has 0 aromatic rings. The molecule has 0 radical (unpaired) electrons. The number of amides is 1. The van der Waals surface area contributed by atoms with E-state index in [0.717, 1.165) is 32.1 Å². The maximum Gasteiger partial charge on any atom is 0.237 e. The number of nitrogens with one attached hydrogen (secondary N) is 2. The van der Waals surface area contributed by atoms with Crippen molar-refractivity contribution in [1.82, 2.24) is 15.5 Å². The molecule has 0 aromatic carbocycles. The molecule has 1 rings (SSSR count). The molecular formula is C14H29N3O. The van der Waals surface area contributed by atoms with Crippen LogP contribution >= 0.6 is 0 Å². The van der Waals surface area contributed by atoms with Gasteiger partial charge in [0, 0.05) is 12.6 Å². The third-order valence-corrected chi connectivity index (χ3v) is 3.72. The lowest BCUT2D eigenvalue weighted by Gasteiger charge is -2.33. The van der Waals surface area contributed by atoms with Gasteiger partial charge < -0.3 is 10.6 Å². The van der Waals surface area contributed by atoms with E-state index < -0.39 is 0 Å². The molecule has 106 valence electrons. The van der Waals surface area contributed by atoms with Crippen LogP contribution in [0.1, 0.15) is 40.5 Å². The van der Waals surface area contributed by atoms with Gasteiger partial charge in [-0.2, -0.15) is 0 Å². The Bertz CT molecular complexity index is 249. The van der Waals surface area contributed by atoms with Crippen molar-refractivity contribution in [3.63, 3.8) is 0 Å². The zero-order chi connectivity index (χ0) is 13.5. The third kappa shape index (κ3) is 4.94. The number of carbonyl (C=O) groups is 1. The highest BCUT2D eigenvalue weighted by molar-refractivity contribution is 5.81. The Morgan fingerprint density at radius 1 is 1.33 bits per heavy atom. The van der Waals surface area contributed by atoms with Gasteiger partial charge in [0.25, 0.3) is 0 Å². The number of carbonyl (C=O) groups excluding carboxylic acids is 1. The minimum atomic E-state index is -0.0210. The van der Waals surface area contributed by atoms with Crippen LogP contribution < -0.4 is 10.6 Å². The molecule has 0 aromatic heterocycles. The van der Waals surface area contributed by atoms with E-state index in [1.807, 2.05) is 20.8 Å². The van der Waals surface area contributed by atoms with Crippen molar-refractivity contribution in [2.45, 2.75) is 52.6 Å². The van der Waals surface area contributed by atoms with Crippen LogP contribution in [0.4, 0.5) is 0 Å². The van der Waals surface area contributed by atoms with Gasteiger partial charge in [-0.1, -0.05) is 6.92 Å². The number of nitrogens with zero attached hydrogens (tertiary/aromatic N) is 1.